The maximum absolute atomic E-state index is 12.7. The van der Waals surface area contributed by atoms with Gasteiger partial charge in [-0.3, -0.25) is 9.36 Å². The summed E-state index contributed by atoms with van der Waals surface area (Å²) in [4.78, 5) is 29.3. The molecule has 0 saturated carbocycles. The number of rotatable bonds is 6. The molecule has 0 bridgehead atoms. The third kappa shape index (κ3) is 5.57. The van der Waals surface area contributed by atoms with Gasteiger partial charge in [-0.1, -0.05) is 6.07 Å². The fraction of sp³-hybridized carbons (Fsp3) is 0.278. The summed E-state index contributed by atoms with van der Waals surface area (Å²) in [7, 11) is -4.37. The highest BCUT2D eigenvalue weighted by molar-refractivity contribution is 7.51. The first kappa shape index (κ1) is 22.9. The van der Waals surface area contributed by atoms with Crippen LogP contribution in [0.2, 0.25) is 0 Å². The monoisotopic (exact) mass is 433 g/mol. The van der Waals surface area contributed by atoms with Crippen molar-refractivity contribution in [3.63, 3.8) is 0 Å². The lowest BCUT2D eigenvalue weighted by Gasteiger charge is -2.20. The number of phenolic OH excluding ortho intramolecular Hbond substituents is 1. The van der Waals surface area contributed by atoms with Crippen LogP contribution in [0.15, 0.2) is 30.3 Å². The van der Waals surface area contributed by atoms with Crippen LogP contribution in [0.1, 0.15) is 38.7 Å². The Morgan fingerprint density at radius 3 is 2.21 bits per heavy atom. The molecule has 1 atom stereocenters. The van der Waals surface area contributed by atoms with E-state index in [9.17, 15) is 27.6 Å². The molecule has 0 heterocycles. The highest BCUT2D eigenvalue weighted by atomic mass is 31.2. The Labute approximate surface area is 164 Å². The van der Waals surface area contributed by atoms with Gasteiger partial charge in [-0.2, -0.15) is 13.2 Å². The second kappa shape index (κ2) is 8.16. The highest BCUT2D eigenvalue weighted by Gasteiger charge is 2.41. The molecule has 0 radical (unpaired) electrons. The predicted molar refractivity (Wildman–Crippen MR) is 98.0 cm³/mol. The van der Waals surface area contributed by atoms with Gasteiger partial charge in [0.05, 0.1) is 11.6 Å². The molecule has 2 aromatic carbocycles. The average molecular weight is 433 g/mol. The topological polar surface area (TPSA) is 130 Å². The molecule has 11 heteroatoms. The lowest BCUT2D eigenvalue weighted by atomic mass is 9.90. The van der Waals surface area contributed by atoms with Crippen molar-refractivity contribution in [2.75, 3.05) is 6.35 Å². The third-order valence-electron chi connectivity index (χ3n) is 4.16. The van der Waals surface area contributed by atoms with Gasteiger partial charge in [0.15, 0.2) is 6.35 Å². The summed E-state index contributed by atoms with van der Waals surface area (Å²) in [5, 5.41) is 9.65. The zero-order valence-electron chi connectivity index (χ0n) is 15.4. The van der Waals surface area contributed by atoms with Gasteiger partial charge < -0.3 is 25.4 Å². The van der Waals surface area contributed by atoms with Crippen LogP contribution in [0.4, 0.5) is 13.2 Å². The van der Waals surface area contributed by atoms with Gasteiger partial charge in [-0.05, 0) is 60.4 Å². The van der Waals surface area contributed by atoms with Crippen LogP contribution < -0.4 is 10.5 Å². The van der Waals surface area contributed by atoms with E-state index in [1.165, 1.54) is 18.2 Å². The molecule has 0 saturated heterocycles. The number of carbonyl (C=O) groups is 1. The van der Waals surface area contributed by atoms with Gasteiger partial charge in [0.2, 0.25) is 0 Å². The number of alkyl halides is 3. The Kier molecular flexibility index (Phi) is 6.44. The van der Waals surface area contributed by atoms with Crippen LogP contribution in [-0.4, -0.2) is 33.2 Å². The van der Waals surface area contributed by atoms with E-state index >= 15 is 0 Å². The van der Waals surface area contributed by atoms with E-state index in [1.807, 2.05) is 0 Å². The summed E-state index contributed by atoms with van der Waals surface area (Å²) < 4.78 is 54.2. The minimum Gasteiger partial charge on any atom is -0.507 e. The number of phenols is 1. The zero-order valence-corrected chi connectivity index (χ0v) is 16.3. The number of Topliss-reactive ketones (excluding diaryl/α,β-unsaturated/α-hetero) is 1. The molecule has 158 valence electrons. The Bertz CT molecular complexity index is 963. The fourth-order valence-corrected chi connectivity index (χ4v) is 3.23. The number of aromatic hydroxyl groups is 1. The van der Waals surface area contributed by atoms with Crippen LogP contribution in [0.5, 0.6) is 11.5 Å². The molecule has 0 amide bonds. The van der Waals surface area contributed by atoms with E-state index in [0.29, 0.717) is 16.7 Å². The van der Waals surface area contributed by atoms with Gasteiger partial charge >= 0.3 is 13.8 Å². The molecule has 0 aliphatic carbocycles. The summed E-state index contributed by atoms with van der Waals surface area (Å²) in [5.74, 6) is -2.80. The van der Waals surface area contributed by atoms with Crippen LogP contribution in [0, 0.1) is 13.8 Å². The van der Waals surface area contributed by atoms with E-state index < -0.39 is 43.3 Å². The van der Waals surface area contributed by atoms with E-state index in [1.54, 1.807) is 13.8 Å². The van der Waals surface area contributed by atoms with Crippen molar-refractivity contribution >= 4 is 13.4 Å². The number of carbonyl (C=O) groups excluding carboxylic acids is 1. The summed E-state index contributed by atoms with van der Waals surface area (Å²) in [6, 6.07) is 5.22. The zero-order chi connectivity index (χ0) is 22.1. The van der Waals surface area contributed by atoms with Crippen molar-refractivity contribution in [2.24, 2.45) is 5.73 Å². The Balaban J connectivity index is 2.41. The summed E-state index contributed by atoms with van der Waals surface area (Å²) >= 11 is 0. The van der Waals surface area contributed by atoms with Crippen molar-refractivity contribution in [1.29, 1.82) is 0 Å². The molecular weight excluding hydrogens is 414 g/mol. The van der Waals surface area contributed by atoms with Crippen molar-refractivity contribution in [3.8, 4) is 11.5 Å². The second-order valence-electron chi connectivity index (χ2n) is 6.49. The van der Waals surface area contributed by atoms with Crippen molar-refractivity contribution < 1.29 is 42.2 Å². The van der Waals surface area contributed by atoms with Gasteiger partial charge in [0.25, 0.3) is 5.78 Å². The Hall–Kier alpha value is -2.39. The summed E-state index contributed by atoms with van der Waals surface area (Å²) in [6.07, 6.45) is -5.96. The predicted octanol–water partition coefficient (Wildman–Crippen LogP) is 3.32. The number of halogens is 3. The largest absolute Gasteiger partial charge is 0.507 e. The first-order chi connectivity index (χ1) is 13.2. The molecule has 0 aliphatic heterocycles. The van der Waals surface area contributed by atoms with Crippen molar-refractivity contribution in [1.82, 2.24) is 0 Å². The maximum Gasteiger partial charge on any atom is 0.455 e. The molecule has 0 spiro atoms. The van der Waals surface area contributed by atoms with Crippen molar-refractivity contribution in [3.05, 3.63) is 58.1 Å². The minimum atomic E-state index is -5.15. The Morgan fingerprint density at radius 1 is 1.17 bits per heavy atom. The fourth-order valence-electron chi connectivity index (χ4n) is 2.92. The van der Waals surface area contributed by atoms with Crippen LogP contribution in [-0.2, 0) is 4.57 Å². The Morgan fingerprint density at radius 2 is 1.72 bits per heavy atom. The molecule has 0 aromatic heterocycles. The lowest BCUT2D eigenvalue weighted by Crippen LogP contribution is -2.23. The number of nitrogens with two attached hydrogens (primary N) is 1. The number of aryl methyl sites for hydroxylation is 2. The third-order valence-corrected chi connectivity index (χ3v) is 4.62. The molecule has 5 N–H and O–H groups in total. The number of hydrogen-bond donors (Lipinski definition) is 4. The van der Waals surface area contributed by atoms with Crippen LogP contribution in [0.25, 0.3) is 0 Å². The van der Waals surface area contributed by atoms with E-state index in [-0.39, 0.29) is 11.3 Å². The second-order valence-corrected chi connectivity index (χ2v) is 8.08. The number of benzene rings is 2. The first-order valence-electron chi connectivity index (χ1n) is 8.19. The van der Waals surface area contributed by atoms with E-state index in [4.69, 9.17) is 20.3 Å². The molecule has 0 fully saturated rings. The molecule has 1 unspecified atom stereocenters. The van der Waals surface area contributed by atoms with Crippen molar-refractivity contribution in [2.45, 2.75) is 26.1 Å². The standard InChI is InChI=1S/C18H19F3NO6P/c1-9-5-12(28-8-29(25,26)27)6-10(2)15(9)16(22)11-3-4-14(23)13(7-11)17(24)18(19,20)21/h3-7,16,23H,8,22H2,1-2H3,(H2,25,26,27). The van der Waals surface area contributed by atoms with Gasteiger partial charge in [0.1, 0.15) is 11.5 Å². The van der Waals surface area contributed by atoms with Crippen LogP contribution >= 0.6 is 7.60 Å². The van der Waals surface area contributed by atoms with Gasteiger partial charge in [-0.25, -0.2) is 0 Å². The molecule has 0 aliphatic rings. The smallest absolute Gasteiger partial charge is 0.455 e. The maximum atomic E-state index is 12.7. The molecule has 2 rings (SSSR count). The van der Waals surface area contributed by atoms with Gasteiger partial charge in [0, 0.05) is 0 Å². The highest BCUT2D eigenvalue weighted by Crippen LogP contribution is 2.37. The average Bonchev–Trinajstić information content (AvgIpc) is 2.57. The van der Waals surface area contributed by atoms with Gasteiger partial charge in [-0.15, -0.1) is 0 Å². The van der Waals surface area contributed by atoms with Crippen LogP contribution in [0.3, 0.4) is 0 Å². The number of ketones is 1. The molecule has 2 aromatic rings. The molecular formula is C18H19F3NO6P. The normalized spacial score (nSPS) is 13.2. The molecule has 7 nitrogen and oxygen atoms in total. The molecule has 29 heavy (non-hydrogen) atoms. The van der Waals surface area contributed by atoms with E-state index in [2.05, 4.69) is 0 Å². The number of hydrogen-bond acceptors (Lipinski definition) is 5. The number of ether oxygens (including phenoxy) is 1. The lowest BCUT2D eigenvalue weighted by molar-refractivity contribution is -0.0886. The minimum absolute atomic E-state index is 0.172. The summed E-state index contributed by atoms with van der Waals surface area (Å²) in [5.41, 5.74) is 7.13. The summed E-state index contributed by atoms with van der Waals surface area (Å²) in [6.45, 7) is 3.30. The SMILES string of the molecule is Cc1cc(OCP(=O)(O)O)cc(C)c1C(N)c1ccc(O)c(C(=O)C(F)(F)F)c1. The first-order valence-corrected chi connectivity index (χ1v) is 9.99. The van der Waals surface area contributed by atoms with E-state index in [0.717, 1.165) is 12.1 Å². The quantitative estimate of drug-likeness (QED) is 0.406.